The second-order valence-corrected chi connectivity index (χ2v) is 11.2. The van der Waals surface area contributed by atoms with Crippen LogP contribution >= 0.6 is 0 Å². The highest BCUT2D eigenvalue weighted by Crippen LogP contribution is 2.10. The largest absolute Gasteiger partial charge is 0.445 e. The van der Waals surface area contributed by atoms with Gasteiger partial charge in [0.05, 0.1) is 11.7 Å². The van der Waals surface area contributed by atoms with E-state index in [4.69, 9.17) is 4.74 Å². The first-order valence-corrected chi connectivity index (χ1v) is 14.9. The molecule has 3 atom stereocenters. The van der Waals surface area contributed by atoms with Gasteiger partial charge >= 0.3 is 6.09 Å². The van der Waals surface area contributed by atoms with Gasteiger partial charge in [-0.25, -0.2) is 4.79 Å². The van der Waals surface area contributed by atoms with Gasteiger partial charge in [0.25, 0.3) is 0 Å². The lowest BCUT2D eigenvalue weighted by Crippen LogP contribution is -2.56. The lowest BCUT2D eigenvalue weighted by molar-refractivity contribution is -0.131. The number of ether oxygens (including phenoxy) is 1. The van der Waals surface area contributed by atoms with Crippen molar-refractivity contribution in [1.82, 2.24) is 36.3 Å². The number of hydrogen-bond donors (Lipinski definition) is 4. The van der Waals surface area contributed by atoms with E-state index in [1.54, 1.807) is 10.9 Å². The number of hydrogen-bond acceptors (Lipinski definition) is 8. The highest BCUT2D eigenvalue weighted by atomic mass is 16.5. The van der Waals surface area contributed by atoms with Crippen LogP contribution in [0.15, 0.2) is 36.5 Å². The number of amides is 4. The van der Waals surface area contributed by atoms with Gasteiger partial charge in [-0.3, -0.25) is 19.1 Å². The molecule has 13 heteroatoms. The van der Waals surface area contributed by atoms with E-state index in [2.05, 4.69) is 31.6 Å². The van der Waals surface area contributed by atoms with Crippen LogP contribution in [0.4, 0.5) is 4.79 Å². The number of nitrogens with one attached hydrogen (secondary N) is 4. The molecule has 0 unspecified atom stereocenters. The van der Waals surface area contributed by atoms with Gasteiger partial charge < -0.3 is 30.8 Å². The number of aryl methyl sites for hydroxylation is 1. The van der Waals surface area contributed by atoms with Crippen molar-refractivity contribution >= 4 is 30.1 Å². The summed E-state index contributed by atoms with van der Waals surface area (Å²) in [5.41, 5.74) is 1.27. The number of carbonyl (C=O) groups excluding carboxylic acids is 5. The molecule has 0 radical (unpaired) electrons. The van der Waals surface area contributed by atoms with Gasteiger partial charge in [-0.1, -0.05) is 62.2 Å². The van der Waals surface area contributed by atoms with Gasteiger partial charge in [0, 0.05) is 32.1 Å². The van der Waals surface area contributed by atoms with Crippen LogP contribution in [-0.4, -0.2) is 69.8 Å². The number of aromatic nitrogens is 3. The maximum atomic E-state index is 13.5. The zero-order valence-electron chi connectivity index (χ0n) is 24.9. The molecule has 0 saturated heterocycles. The number of rotatable bonds is 6. The van der Waals surface area contributed by atoms with E-state index in [1.165, 1.54) is 0 Å². The Morgan fingerprint density at radius 1 is 1.09 bits per heavy atom. The number of fused-ring (bicyclic) bond motifs is 2. The molecule has 2 bridgehead atoms. The Morgan fingerprint density at radius 2 is 1.86 bits per heavy atom. The van der Waals surface area contributed by atoms with E-state index in [9.17, 15) is 24.0 Å². The Balaban J connectivity index is 1.79. The quantitative estimate of drug-likeness (QED) is 0.365. The molecule has 0 spiro atoms. The van der Waals surface area contributed by atoms with Gasteiger partial charge in [0.2, 0.25) is 17.7 Å². The highest BCUT2D eigenvalue weighted by Gasteiger charge is 2.30. The summed E-state index contributed by atoms with van der Waals surface area (Å²) in [5, 5.41) is 19.2. The summed E-state index contributed by atoms with van der Waals surface area (Å²) >= 11 is 0. The number of nitrogens with zero attached hydrogens (tertiary/aromatic N) is 3. The van der Waals surface area contributed by atoms with Crippen LogP contribution in [-0.2, 0) is 43.5 Å². The third-order valence-corrected chi connectivity index (χ3v) is 6.97. The summed E-state index contributed by atoms with van der Waals surface area (Å²) < 4.78 is 7.03. The van der Waals surface area contributed by atoms with Gasteiger partial charge in [0.1, 0.15) is 25.0 Å². The third-order valence-electron chi connectivity index (χ3n) is 6.97. The van der Waals surface area contributed by atoms with Gasteiger partial charge in [0.15, 0.2) is 0 Å². The molecule has 1 aromatic carbocycles. The SMILES string of the molecule is CC(C)C[C@@H]1NC(=O)[C@@H](NC(=O)OCc2ccccc2)Cc2cn(nn2)CCCCCCNC(=O)CC[C@@H](C=O)NC1=O. The zero-order valence-corrected chi connectivity index (χ0v) is 24.9. The van der Waals surface area contributed by atoms with E-state index < -0.39 is 36.0 Å². The number of carbonyl (C=O) groups is 5. The smallest absolute Gasteiger partial charge is 0.408 e. The average molecular weight is 598 g/mol. The van der Waals surface area contributed by atoms with Crippen LogP contribution in [0, 0.1) is 5.92 Å². The van der Waals surface area contributed by atoms with Crippen LogP contribution in [0.2, 0.25) is 0 Å². The predicted molar refractivity (Wildman–Crippen MR) is 157 cm³/mol. The fourth-order valence-electron chi connectivity index (χ4n) is 4.65. The minimum Gasteiger partial charge on any atom is -0.445 e. The normalized spacial score (nSPS) is 21.5. The van der Waals surface area contributed by atoms with Crippen molar-refractivity contribution in [2.24, 2.45) is 5.92 Å². The number of aldehydes is 1. The molecule has 1 aromatic heterocycles. The molecule has 1 aliphatic heterocycles. The number of benzene rings is 1. The fourth-order valence-corrected chi connectivity index (χ4v) is 4.65. The third kappa shape index (κ3) is 12.2. The molecule has 234 valence electrons. The first kappa shape index (κ1) is 33.2. The van der Waals surface area contributed by atoms with E-state index in [0.29, 0.717) is 25.1 Å². The Morgan fingerprint density at radius 3 is 2.60 bits per heavy atom. The monoisotopic (exact) mass is 597 g/mol. The average Bonchev–Trinajstić information content (AvgIpc) is 3.43. The minimum atomic E-state index is -1.12. The Hall–Kier alpha value is -4.29. The molecule has 4 amide bonds. The maximum Gasteiger partial charge on any atom is 0.408 e. The van der Waals surface area contributed by atoms with Crippen molar-refractivity contribution in [3.05, 3.63) is 47.8 Å². The molecule has 1 aliphatic rings. The molecular weight excluding hydrogens is 554 g/mol. The molecule has 4 N–H and O–H groups in total. The lowest BCUT2D eigenvalue weighted by atomic mass is 10.0. The molecular formula is C30H43N7O6. The molecule has 43 heavy (non-hydrogen) atoms. The number of alkyl carbamates (subject to hydrolysis) is 1. The minimum absolute atomic E-state index is 0.0146. The van der Waals surface area contributed by atoms with Crippen molar-refractivity contribution in [1.29, 1.82) is 0 Å². The second-order valence-electron chi connectivity index (χ2n) is 11.2. The van der Waals surface area contributed by atoms with Crippen LogP contribution in [0.5, 0.6) is 0 Å². The topological polar surface area (TPSA) is 173 Å². The molecule has 13 nitrogen and oxygen atoms in total. The second kappa shape index (κ2) is 17.6. The Bertz CT molecular complexity index is 1200. The van der Waals surface area contributed by atoms with Crippen LogP contribution in [0.1, 0.15) is 70.1 Å². The van der Waals surface area contributed by atoms with Crippen LogP contribution < -0.4 is 21.3 Å². The van der Waals surface area contributed by atoms with Gasteiger partial charge in [-0.05, 0) is 37.2 Å². The van der Waals surface area contributed by atoms with Crippen molar-refractivity contribution in [3.63, 3.8) is 0 Å². The summed E-state index contributed by atoms with van der Waals surface area (Å²) in [4.78, 5) is 63.5. The van der Waals surface area contributed by atoms with Crippen molar-refractivity contribution < 1.29 is 28.7 Å². The highest BCUT2D eigenvalue weighted by molar-refractivity contribution is 5.92. The van der Waals surface area contributed by atoms with Crippen molar-refractivity contribution in [3.8, 4) is 0 Å². The van der Waals surface area contributed by atoms with E-state index in [0.717, 1.165) is 31.2 Å². The molecule has 0 saturated carbocycles. The summed E-state index contributed by atoms with van der Waals surface area (Å²) in [6, 6.07) is 6.14. The lowest BCUT2D eigenvalue weighted by Gasteiger charge is -2.25. The first-order valence-electron chi connectivity index (χ1n) is 14.9. The van der Waals surface area contributed by atoms with Crippen molar-refractivity contribution in [2.75, 3.05) is 6.54 Å². The maximum absolute atomic E-state index is 13.5. The van der Waals surface area contributed by atoms with E-state index in [1.807, 2.05) is 44.2 Å². The van der Waals surface area contributed by atoms with E-state index in [-0.39, 0.29) is 44.1 Å². The standard InChI is InChI=1S/C30H43N7O6/c1-21(2)16-25-28(40)32-23(19-38)12-13-27(39)31-14-8-3-4-9-15-37-18-24(35-36-37)17-26(29(41)33-25)34-30(42)43-20-22-10-6-5-7-11-22/h5-7,10-11,18-19,21,23,25-26H,3-4,8-9,12-17,20H2,1-2H3,(H,31,39)(H,32,40)(H,33,41)(H,34,42)/t23-,25-,26-/m0/s1. The molecule has 2 heterocycles. The summed E-state index contributed by atoms with van der Waals surface area (Å²) in [7, 11) is 0. The molecule has 0 fully saturated rings. The fraction of sp³-hybridized carbons (Fsp3) is 0.567. The molecule has 3 rings (SSSR count). The molecule has 0 aliphatic carbocycles. The summed E-state index contributed by atoms with van der Waals surface area (Å²) in [5.74, 6) is -1.34. The Kier molecular flexibility index (Phi) is 13.6. The van der Waals surface area contributed by atoms with Gasteiger partial charge in [-0.2, -0.15) is 0 Å². The summed E-state index contributed by atoms with van der Waals surface area (Å²) in [6.07, 6.45) is 5.57. The Labute approximate surface area is 251 Å². The van der Waals surface area contributed by atoms with Crippen molar-refractivity contribution in [2.45, 2.75) is 96.5 Å². The zero-order chi connectivity index (χ0) is 31.0. The van der Waals surface area contributed by atoms with Crippen LogP contribution in [0.25, 0.3) is 0 Å². The first-order chi connectivity index (χ1) is 20.7. The summed E-state index contributed by atoms with van der Waals surface area (Å²) in [6.45, 7) is 4.98. The predicted octanol–water partition coefficient (Wildman–Crippen LogP) is 1.80. The van der Waals surface area contributed by atoms with E-state index >= 15 is 0 Å². The molecule has 2 aromatic rings. The van der Waals surface area contributed by atoms with Crippen LogP contribution in [0.3, 0.4) is 0 Å². The van der Waals surface area contributed by atoms with Gasteiger partial charge in [-0.15, -0.1) is 5.10 Å².